The summed E-state index contributed by atoms with van der Waals surface area (Å²) in [4.78, 5) is 30.4. The standard InChI is InChI=1S/C26H30N4O3/c1-2-29-14-16-30(17-15-29)22-12-10-21(11-13-22)27-25(31)23(19-20-7-4-3-5-8-20)28-26(32)24-9-6-18-33-24/h3-13,18,23H,2,14-17,19H2,1H3,(H,27,31)(H,28,32)/t23-/m1/s1. The molecule has 1 aliphatic rings. The van der Waals surface area contributed by atoms with Crippen molar-refractivity contribution in [1.82, 2.24) is 10.2 Å². The molecule has 0 radical (unpaired) electrons. The molecule has 0 bridgehead atoms. The maximum atomic E-state index is 13.1. The van der Waals surface area contributed by atoms with Crippen LogP contribution >= 0.6 is 0 Å². The second kappa shape index (κ2) is 10.8. The van der Waals surface area contributed by atoms with Gasteiger partial charge in [0.2, 0.25) is 5.91 Å². The van der Waals surface area contributed by atoms with Gasteiger partial charge in [-0.05, 0) is 48.5 Å². The van der Waals surface area contributed by atoms with Crippen molar-refractivity contribution < 1.29 is 14.0 Å². The minimum atomic E-state index is -0.744. The van der Waals surface area contributed by atoms with Gasteiger partial charge in [-0.1, -0.05) is 37.3 Å². The van der Waals surface area contributed by atoms with E-state index in [1.54, 1.807) is 12.1 Å². The number of nitrogens with one attached hydrogen (secondary N) is 2. The van der Waals surface area contributed by atoms with Crippen molar-refractivity contribution in [2.75, 3.05) is 42.9 Å². The van der Waals surface area contributed by atoms with Gasteiger partial charge in [0.1, 0.15) is 6.04 Å². The third-order valence-corrected chi connectivity index (χ3v) is 5.97. The number of amides is 2. The van der Waals surface area contributed by atoms with Crippen LogP contribution in [0.4, 0.5) is 11.4 Å². The second-order valence-corrected chi connectivity index (χ2v) is 8.15. The van der Waals surface area contributed by atoms with Gasteiger partial charge in [0, 0.05) is 44.0 Å². The molecule has 7 heteroatoms. The van der Waals surface area contributed by atoms with E-state index in [0.29, 0.717) is 12.1 Å². The number of furan rings is 1. The van der Waals surface area contributed by atoms with Crippen LogP contribution < -0.4 is 15.5 Å². The molecular weight excluding hydrogens is 416 g/mol. The summed E-state index contributed by atoms with van der Waals surface area (Å²) >= 11 is 0. The zero-order valence-corrected chi connectivity index (χ0v) is 18.9. The number of carbonyl (C=O) groups excluding carboxylic acids is 2. The Morgan fingerprint density at radius 3 is 2.30 bits per heavy atom. The monoisotopic (exact) mass is 446 g/mol. The lowest BCUT2D eigenvalue weighted by Gasteiger charge is -2.35. The number of nitrogens with zero attached hydrogens (tertiary/aromatic N) is 2. The van der Waals surface area contributed by atoms with E-state index in [2.05, 4.69) is 27.4 Å². The minimum Gasteiger partial charge on any atom is -0.459 e. The number of hydrogen-bond acceptors (Lipinski definition) is 5. The SMILES string of the molecule is CCN1CCN(c2ccc(NC(=O)[C@@H](Cc3ccccc3)NC(=O)c3ccco3)cc2)CC1. The van der Waals surface area contributed by atoms with Crippen LogP contribution in [0.2, 0.25) is 0 Å². The molecule has 0 saturated carbocycles. The molecule has 33 heavy (non-hydrogen) atoms. The third kappa shape index (κ3) is 6.02. The highest BCUT2D eigenvalue weighted by Crippen LogP contribution is 2.20. The first kappa shape index (κ1) is 22.6. The first-order valence-corrected chi connectivity index (χ1v) is 11.4. The number of hydrogen-bond donors (Lipinski definition) is 2. The number of piperazine rings is 1. The summed E-state index contributed by atoms with van der Waals surface area (Å²) in [5, 5.41) is 5.75. The molecule has 7 nitrogen and oxygen atoms in total. The lowest BCUT2D eigenvalue weighted by Crippen LogP contribution is -2.46. The molecule has 2 N–H and O–H groups in total. The number of rotatable bonds is 8. The van der Waals surface area contributed by atoms with Gasteiger partial charge >= 0.3 is 0 Å². The molecule has 2 amide bonds. The molecule has 1 aliphatic heterocycles. The second-order valence-electron chi connectivity index (χ2n) is 8.15. The van der Waals surface area contributed by atoms with Gasteiger partial charge in [0.15, 0.2) is 5.76 Å². The number of anilines is 2. The van der Waals surface area contributed by atoms with Gasteiger partial charge in [-0.25, -0.2) is 0 Å². The van der Waals surface area contributed by atoms with E-state index >= 15 is 0 Å². The molecule has 0 unspecified atom stereocenters. The van der Waals surface area contributed by atoms with E-state index in [4.69, 9.17) is 4.42 Å². The molecule has 0 spiro atoms. The summed E-state index contributed by atoms with van der Waals surface area (Å²) in [6.45, 7) is 7.39. The topological polar surface area (TPSA) is 77.8 Å². The van der Waals surface area contributed by atoms with E-state index in [9.17, 15) is 9.59 Å². The van der Waals surface area contributed by atoms with Gasteiger partial charge in [-0.3, -0.25) is 9.59 Å². The fourth-order valence-electron chi connectivity index (χ4n) is 4.00. The molecule has 1 saturated heterocycles. The van der Waals surface area contributed by atoms with Crippen molar-refractivity contribution in [3.8, 4) is 0 Å². The van der Waals surface area contributed by atoms with E-state index in [1.807, 2.05) is 54.6 Å². The Hall–Kier alpha value is -3.58. The molecule has 2 heterocycles. The van der Waals surface area contributed by atoms with Crippen molar-refractivity contribution in [2.24, 2.45) is 0 Å². The van der Waals surface area contributed by atoms with Crippen molar-refractivity contribution in [3.05, 3.63) is 84.3 Å². The Bertz CT molecular complexity index is 1030. The van der Waals surface area contributed by atoms with E-state index < -0.39 is 11.9 Å². The summed E-state index contributed by atoms with van der Waals surface area (Å²) in [5.74, 6) is -0.519. The zero-order chi connectivity index (χ0) is 23.0. The first-order chi connectivity index (χ1) is 16.1. The van der Waals surface area contributed by atoms with Crippen LogP contribution in [0.5, 0.6) is 0 Å². The fraction of sp³-hybridized carbons (Fsp3) is 0.308. The van der Waals surface area contributed by atoms with Crippen molar-refractivity contribution in [3.63, 3.8) is 0 Å². The van der Waals surface area contributed by atoms with Crippen molar-refractivity contribution in [2.45, 2.75) is 19.4 Å². The van der Waals surface area contributed by atoms with Crippen LogP contribution in [0.25, 0.3) is 0 Å². The fourth-order valence-corrected chi connectivity index (χ4v) is 4.00. The third-order valence-electron chi connectivity index (χ3n) is 5.97. The smallest absolute Gasteiger partial charge is 0.287 e. The van der Waals surface area contributed by atoms with Crippen LogP contribution in [-0.2, 0) is 11.2 Å². The van der Waals surface area contributed by atoms with Crippen LogP contribution in [-0.4, -0.2) is 55.5 Å². The lowest BCUT2D eigenvalue weighted by molar-refractivity contribution is -0.118. The lowest BCUT2D eigenvalue weighted by atomic mass is 10.0. The number of likely N-dealkylation sites (N-methyl/N-ethyl adjacent to an activating group) is 1. The Kier molecular flexibility index (Phi) is 7.42. The summed E-state index contributed by atoms with van der Waals surface area (Å²) < 4.78 is 5.18. The predicted octanol–water partition coefficient (Wildman–Crippen LogP) is 3.40. The van der Waals surface area contributed by atoms with Crippen LogP contribution in [0.3, 0.4) is 0 Å². The highest BCUT2D eigenvalue weighted by atomic mass is 16.3. The van der Waals surface area contributed by atoms with Gasteiger partial charge in [0.25, 0.3) is 5.91 Å². The van der Waals surface area contributed by atoms with Crippen LogP contribution in [0, 0.1) is 0 Å². The summed E-state index contributed by atoms with van der Waals surface area (Å²) in [6.07, 6.45) is 1.81. The average molecular weight is 447 g/mol. The molecule has 4 rings (SSSR count). The van der Waals surface area contributed by atoms with Gasteiger partial charge < -0.3 is 24.9 Å². The highest BCUT2D eigenvalue weighted by molar-refractivity contribution is 6.00. The van der Waals surface area contributed by atoms with Crippen LogP contribution in [0.15, 0.2) is 77.4 Å². The van der Waals surface area contributed by atoms with Crippen LogP contribution in [0.1, 0.15) is 23.0 Å². The molecule has 2 aromatic carbocycles. The Morgan fingerprint density at radius 1 is 0.939 bits per heavy atom. The predicted molar refractivity (Wildman–Crippen MR) is 130 cm³/mol. The first-order valence-electron chi connectivity index (χ1n) is 11.4. The molecule has 1 fully saturated rings. The van der Waals surface area contributed by atoms with E-state index in [0.717, 1.165) is 44.0 Å². The normalized spacial score (nSPS) is 15.1. The van der Waals surface area contributed by atoms with Crippen molar-refractivity contribution >= 4 is 23.2 Å². The minimum absolute atomic E-state index is 0.174. The largest absolute Gasteiger partial charge is 0.459 e. The zero-order valence-electron chi connectivity index (χ0n) is 18.9. The quantitative estimate of drug-likeness (QED) is 0.555. The van der Waals surface area contributed by atoms with Gasteiger partial charge in [-0.2, -0.15) is 0 Å². The molecule has 1 aromatic heterocycles. The Morgan fingerprint density at radius 2 is 1.67 bits per heavy atom. The van der Waals surface area contributed by atoms with Gasteiger partial charge in [0.05, 0.1) is 6.26 Å². The summed E-state index contributed by atoms with van der Waals surface area (Å²) in [5.41, 5.74) is 2.80. The Balaban J connectivity index is 1.41. The van der Waals surface area contributed by atoms with E-state index in [-0.39, 0.29) is 11.7 Å². The Labute approximate surface area is 194 Å². The van der Waals surface area contributed by atoms with Crippen molar-refractivity contribution in [1.29, 1.82) is 0 Å². The summed E-state index contributed by atoms with van der Waals surface area (Å²) in [6, 6.07) is 20.0. The number of benzene rings is 2. The molecule has 1 atom stereocenters. The molecular formula is C26H30N4O3. The molecule has 3 aromatic rings. The van der Waals surface area contributed by atoms with Gasteiger partial charge in [-0.15, -0.1) is 0 Å². The average Bonchev–Trinajstić information content (AvgIpc) is 3.40. The molecule has 0 aliphatic carbocycles. The molecule has 172 valence electrons. The maximum Gasteiger partial charge on any atom is 0.287 e. The summed E-state index contributed by atoms with van der Waals surface area (Å²) in [7, 11) is 0. The van der Waals surface area contributed by atoms with E-state index in [1.165, 1.54) is 6.26 Å². The number of carbonyl (C=O) groups is 2. The maximum absolute atomic E-state index is 13.1. The highest BCUT2D eigenvalue weighted by Gasteiger charge is 2.23.